The monoisotopic (exact) mass is 320 g/mol. The molecule has 6 nitrogen and oxygen atoms in total. The van der Waals surface area contributed by atoms with Crippen molar-refractivity contribution in [1.29, 1.82) is 0 Å². The lowest BCUT2D eigenvalue weighted by atomic mass is 9.79. The average Bonchev–Trinajstić information content (AvgIpc) is 2.91. The summed E-state index contributed by atoms with van der Waals surface area (Å²) in [5.74, 6) is 0.572. The predicted molar refractivity (Wildman–Crippen MR) is 87.7 cm³/mol. The summed E-state index contributed by atoms with van der Waals surface area (Å²) in [4.78, 5) is 15.0. The molecule has 2 fully saturated rings. The van der Waals surface area contributed by atoms with Crippen molar-refractivity contribution in [2.45, 2.75) is 45.4 Å². The van der Waals surface area contributed by atoms with E-state index >= 15 is 0 Å². The van der Waals surface area contributed by atoms with Crippen molar-refractivity contribution in [3.05, 3.63) is 18.0 Å². The number of fused-ring (bicyclic) bond motifs is 1. The largest absolute Gasteiger partial charge is 0.378 e. The zero-order chi connectivity index (χ0) is 16.4. The molecule has 3 rings (SSSR count). The summed E-state index contributed by atoms with van der Waals surface area (Å²) in [6, 6.07) is 0.193. The van der Waals surface area contributed by atoms with Crippen LogP contribution in [0.4, 0.5) is 0 Å². The molecule has 1 amide bonds. The second kappa shape index (κ2) is 7.01. The van der Waals surface area contributed by atoms with Gasteiger partial charge in [-0.2, -0.15) is 5.10 Å². The number of carbonyl (C=O) groups excluding carboxylic acids is 1. The molecular formula is C17H28N4O2. The number of nitrogens with one attached hydrogen (secondary N) is 1. The van der Waals surface area contributed by atoms with Crippen LogP contribution in [-0.2, 0) is 23.1 Å². The Bertz CT molecular complexity index is 542. The number of hydrogen-bond acceptors (Lipinski definition) is 4. The van der Waals surface area contributed by atoms with E-state index in [0.29, 0.717) is 12.5 Å². The average molecular weight is 320 g/mol. The highest BCUT2D eigenvalue weighted by atomic mass is 16.5. The Kier molecular flexibility index (Phi) is 5.02. The van der Waals surface area contributed by atoms with Crippen molar-refractivity contribution in [1.82, 2.24) is 20.0 Å². The van der Waals surface area contributed by atoms with Crippen molar-refractivity contribution in [2.24, 2.45) is 18.9 Å². The van der Waals surface area contributed by atoms with Crippen molar-refractivity contribution in [3.63, 3.8) is 0 Å². The Hall–Kier alpha value is -1.40. The van der Waals surface area contributed by atoms with Gasteiger partial charge in [0.05, 0.1) is 12.3 Å². The second-order valence-corrected chi connectivity index (χ2v) is 7.18. The zero-order valence-corrected chi connectivity index (χ0v) is 14.4. The quantitative estimate of drug-likeness (QED) is 0.905. The lowest BCUT2D eigenvalue weighted by Crippen LogP contribution is -2.53. The van der Waals surface area contributed by atoms with Crippen LogP contribution in [0.25, 0.3) is 0 Å². The summed E-state index contributed by atoms with van der Waals surface area (Å²) in [5.41, 5.74) is 1.23. The van der Waals surface area contributed by atoms with E-state index in [0.717, 1.165) is 32.5 Å². The van der Waals surface area contributed by atoms with Gasteiger partial charge in [-0.1, -0.05) is 0 Å². The number of likely N-dealkylation sites (tertiary alicyclic amines) is 1. The first-order valence-electron chi connectivity index (χ1n) is 8.65. The van der Waals surface area contributed by atoms with E-state index in [-0.39, 0.29) is 24.0 Å². The van der Waals surface area contributed by atoms with Gasteiger partial charge in [-0.3, -0.25) is 14.4 Å². The van der Waals surface area contributed by atoms with Gasteiger partial charge in [-0.05, 0) is 26.7 Å². The van der Waals surface area contributed by atoms with Crippen LogP contribution < -0.4 is 5.32 Å². The van der Waals surface area contributed by atoms with Crippen LogP contribution in [-0.4, -0.2) is 52.4 Å². The molecule has 1 aromatic rings. The highest BCUT2D eigenvalue weighted by molar-refractivity contribution is 5.79. The molecule has 3 heterocycles. The first-order chi connectivity index (χ1) is 11.0. The highest BCUT2D eigenvalue weighted by Crippen LogP contribution is 2.33. The van der Waals surface area contributed by atoms with Crippen LogP contribution in [0.15, 0.2) is 12.4 Å². The molecule has 0 unspecified atom stereocenters. The van der Waals surface area contributed by atoms with Crippen LogP contribution in [0.1, 0.15) is 32.3 Å². The van der Waals surface area contributed by atoms with Gasteiger partial charge >= 0.3 is 0 Å². The number of carbonyl (C=O) groups is 1. The molecule has 0 aromatic carbocycles. The first kappa shape index (κ1) is 16.5. The lowest BCUT2D eigenvalue weighted by molar-refractivity contribution is -0.142. The van der Waals surface area contributed by atoms with Crippen molar-refractivity contribution < 1.29 is 9.53 Å². The SMILES string of the molecule is CC(C)NC(=O)[C@@H]1CCO[C@@H]2CCN(Cc3cnn(C)c3)C[C@@H]21. The predicted octanol–water partition coefficient (Wildman–Crippen LogP) is 1.17. The summed E-state index contributed by atoms with van der Waals surface area (Å²) in [6.45, 7) is 7.59. The third kappa shape index (κ3) is 3.93. The minimum Gasteiger partial charge on any atom is -0.378 e. The molecule has 3 atom stereocenters. The van der Waals surface area contributed by atoms with Gasteiger partial charge in [0.25, 0.3) is 0 Å². The fraction of sp³-hybridized carbons (Fsp3) is 0.765. The minimum absolute atomic E-state index is 0.0767. The molecule has 128 valence electrons. The molecular weight excluding hydrogens is 292 g/mol. The van der Waals surface area contributed by atoms with Crippen LogP contribution >= 0.6 is 0 Å². The van der Waals surface area contributed by atoms with Gasteiger partial charge in [0.2, 0.25) is 5.91 Å². The molecule has 0 saturated carbocycles. The molecule has 1 N–H and O–H groups in total. The topological polar surface area (TPSA) is 59.4 Å². The third-order valence-electron chi connectivity index (χ3n) is 4.89. The van der Waals surface area contributed by atoms with Gasteiger partial charge in [0, 0.05) is 62.9 Å². The number of nitrogens with zero attached hydrogens (tertiary/aromatic N) is 3. The summed E-state index contributed by atoms with van der Waals surface area (Å²) < 4.78 is 7.78. The van der Waals surface area contributed by atoms with Crippen LogP contribution in [0.3, 0.4) is 0 Å². The Balaban J connectivity index is 1.65. The van der Waals surface area contributed by atoms with E-state index in [1.807, 2.05) is 31.8 Å². The van der Waals surface area contributed by atoms with Gasteiger partial charge in [0.15, 0.2) is 0 Å². The Labute approximate surface area is 138 Å². The van der Waals surface area contributed by atoms with Gasteiger partial charge < -0.3 is 10.1 Å². The number of aromatic nitrogens is 2. The summed E-state index contributed by atoms with van der Waals surface area (Å²) in [7, 11) is 1.94. The Morgan fingerprint density at radius 1 is 1.48 bits per heavy atom. The molecule has 0 bridgehead atoms. The van der Waals surface area contributed by atoms with Gasteiger partial charge in [-0.15, -0.1) is 0 Å². The lowest BCUT2D eigenvalue weighted by Gasteiger charge is -2.44. The van der Waals surface area contributed by atoms with E-state index in [2.05, 4.69) is 21.5 Å². The van der Waals surface area contributed by atoms with E-state index in [4.69, 9.17) is 4.74 Å². The molecule has 2 aliphatic rings. The van der Waals surface area contributed by atoms with E-state index in [1.54, 1.807) is 0 Å². The normalized spacial score (nSPS) is 28.6. The van der Waals surface area contributed by atoms with Crippen LogP contribution in [0.2, 0.25) is 0 Å². The standard InChI is InChI=1S/C17H28N4O2/c1-12(2)19-17(22)14-5-7-23-16-4-6-21(11-15(14)16)10-13-8-18-20(3)9-13/h8-9,12,14-16H,4-7,10-11H2,1-3H3,(H,19,22)/t14-,15-,16-/m1/s1. The smallest absolute Gasteiger partial charge is 0.223 e. The zero-order valence-electron chi connectivity index (χ0n) is 14.4. The maximum atomic E-state index is 12.5. The van der Waals surface area contributed by atoms with Crippen molar-refractivity contribution >= 4 is 5.91 Å². The molecule has 0 aliphatic carbocycles. The molecule has 2 aliphatic heterocycles. The van der Waals surface area contributed by atoms with Crippen molar-refractivity contribution in [2.75, 3.05) is 19.7 Å². The molecule has 2 saturated heterocycles. The molecule has 0 spiro atoms. The third-order valence-corrected chi connectivity index (χ3v) is 4.89. The minimum atomic E-state index is 0.0767. The van der Waals surface area contributed by atoms with E-state index in [1.165, 1.54) is 5.56 Å². The highest BCUT2D eigenvalue weighted by Gasteiger charge is 2.41. The molecule has 6 heteroatoms. The summed E-state index contributed by atoms with van der Waals surface area (Å²) >= 11 is 0. The summed E-state index contributed by atoms with van der Waals surface area (Å²) in [5, 5.41) is 7.33. The van der Waals surface area contributed by atoms with Gasteiger partial charge in [0.1, 0.15) is 0 Å². The number of rotatable bonds is 4. The fourth-order valence-corrected chi connectivity index (χ4v) is 3.86. The molecule has 0 radical (unpaired) electrons. The van der Waals surface area contributed by atoms with Crippen molar-refractivity contribution in [3.8, 4) is 0 Å². The van der Waals surface area contributed by atoms with Crippen LogP contribution in [0, 0.1) is 11.8 Å². The Morgan fingerprint density at radius 2 is 2.30 bits per heavy atom. The number of piperidine rings is 1. The first-order valence-corrected chi connectivity index (χ1v) is 8.65. The van der Waals surface area contributed by atoms with E-state index in [9.17, 15) is 4.79 Å². The number of amides is 1. The maximum Gasteiger partial charge on any atom is 0.223 e. The van der Waals surface area contributed by atoms with Crippen LogP contribution in [0.5, 0.6) is 0 Å². The molecule has 1 aromatic heterocycles. The molecule has 23 heavy (non-hydrogen) atoms. The Morgan fingerprint density at radius 3 is 3.00 bits per heavy atom. The number of ether oxygens (including phenoxy) is 1. The van der Waals surface area contributed by atoms with Gasteiger partial charge in [-0.25, -0.2) is 0 Å². The maximum absolute atomic E-state index is 12.5. The fourth-order valence-electron chi connectivity index (χ4n) is 3.86. The number of hydrogen-bond donors (Lipinski definition) is 1. The van der Waals surface area contributed by atoms with E-state index < -0.39 is 0 Å². The number of aryl methyl sites for hydroxylation is 1. The second-order valence-electron chi connectivity index (χ2n) is 7.18. The summed E-state index contributed by atoms with van der Waals surface area (Å²) in [6.07, 6.45) is 6.06.